The van der Waals surface area contributed by atoms with E-state index in [2.05, 4.69) is 10.3 Å². The highest BCUT2D eigenvalue weighted by Gasteiger charge is 2.25. The van der Waals surface area contributed by atoms with Crippen LogP contribution in [0.15, 0.2) is 18.0 Å². The van der Waals surface area contributed by atoms with Crippen LogP contribution in [0, 0.1) is 0 Å². The molecule has 0 spiro atoms. The van der Waals surface area contributed by atoms with Crippen molar-refractivity contribution in [1.82, 2.24) is 10.3 Å². The van der Waals surface area contributed by atoms with Crippen molar-refractivity contribution in [2.45, 2.75) is 26.5 Å². The summed E-state index contributed by atoms with van der Waals surface area (Å²) in [5.74, 6) is -1.62. The van der Waals surface area contributed by atoms with Crippen molar-refractivity contribution in [2.75, 3.05) is 6.61 Å². The zero-order chi connectivity index (χ0) is 17.6. The van der Waals surface area contributed by atoms with Crippen molar-refractivity contribution < 1.29 is 19.4 Å². The first kappa shape index (κ1) is 19.7. The van der Waals surface area contributed by atoms with Crippen molar-refractivity contribution in [3.05, 3.63) is 38.7 Å². The molecule has 1 rings (SSSR count). The Balaban J connectivity index is 3.23. The molecular formula is C14H15Cl3N2O4. The number of rotatable bonds is 7. The van der Waals surface area contributed by atoms with Gasteiger partial charge in [-0.1, -0.05) is 41.7 Å². The maximum Gasteiger partial charge on any atom is 0.343 e. The van der Waals surface area contributed by atoms with E-state index >= 15 is 0 Å². The molecule has 1 aromatic rings. The second kappa shape index (κ2) is 9.08. The summed E-state index contributed by atoms with van der Waals surface area (Å²) in [7, 11) is 0. The number of nitrogens with one attached hydrogen (secondary N) is 1. The zero-order valence-corrected chi connectivity index (χ0v) is 14.7. The van der Waals surface area contributed by atoms with Crippen molar-refractivity contribution in [2.24, 2.45) is 0 Å². The fourth-order valence-electron chi connectivity index (χ4n) is 1.47. The molecule has 2 N–H and O–H groups in total. The van der Waals surface area contributed by atoms with Crippen LogP contribution in [0.3, 0.4) is 0 Å². The van der Waals surface area contributed by atoms with Crippen LogP contribution in [0.2, 0.25) is 15.2 Å². The Morgan fingerprint density at radius 2 is 2.00 bits per heavy atom. The lowest BCUT2D eigenvalue weighted by Gasteiger charge is -2.11. The van der Waals surface area contributed by atoms with Gasteiger partial charge in [-0.25, -0.2) is 9.78 Å². The summed E-state index contributed by atoms with van der Waals surface area (Å²) in [6, 6.07) is 0. The summed E-state index contributed by atoms with van der Waals surface area (Å²) in [5, 5.41) is 11.8. The van der Waals surface area contributed by atoms with Crippen molar-refractivity contribution in [1.29, 1.82) is 0 Å². The molecule has 0 aliphatic heterocycles. The van der Waals surface area contributed by atoms with Gasteiger partial charge in [0.25, 0.3) is 0 Å². The van der Waals surface area contributed by atoms with E-state index in [1.54, 1.807) is 13.8 Å². The molecule has 0 aromatic carbocycles. The van der Waals surface area contributed by atoms with Gasteiger partial charge in [0, 0.05) is 12.4 Å². The smallest absolute Gasteiger partial charge is 0.343 e. The lowest BCUT2D eigenvalue weighted by Crippen LogP contribution is -2.26. The van der Waals surface area contributed by atoms with Gasteiger partial charge in [0.1, 0.15) is 17.0 Å². The fraction of sp³-hybridized carbons (Fsp3) is 0.357. The van der Waals surface area contributed by atoms with E-state index in [0.717, 1.165) is 12.4 Å². The van der Waals surface area contributed by atoms with Gasteiger partial charge in [-0.2, -0.15) is 0 Å². The Kier molecular flexibility index (Phi) is 7.78. The molecule has 0 amide bonds. The van der Waals surface area contributed by atoms with E-state index in [1.165, 1.54) is 0 Å². The standard InChI is InChI=1S/C14H15Cl3N2O4/c1-3-9(20)18-6-8(14(22)23-4-2)12(21)7-5-19-13(17)11(16)10(7)15/h5-6,9,18,20H,3-4H2,1-2H3. The van der Waals surface area contributed by atoms with Gasteiger partial charge in [0.2, 0.25) is 5.78 Å². The Labute approximate surface area is 148 Å². The molecule has 0 aliphatic rings. The highest BCUT2D eigenvalue weighted by molar-refractivity contribution is 6.49. The summed E-state index contributed by atoms with van der Waals surface area (Å²) >= 11 is 17.5. The second-order valence-electron chi connectivity index (χ2n) is 4.29. The number of ketones is 1. The molecule has 0 saturated carbocycles. The van der Waals surface area contributed by atoms with Gasteiger partial charge >= 0.3 is 5.97 Å². The zero-order valence-electron chi connectivity index (χ0n) is 12.4. The van der Waals surface area contributed by atoms with Gasteiger partial charge < -0.3 is 15.2 Å². The topological polar surface area (TPSA) is 88.5 Å². The van der Waals surface area contributed by atoms with Crippen LogP contribution in [0.4, 0.5) is 0 Å². The van der Waals surface area contributed by atoms with Crippen LogP contribution in [-0.2, 0) is 9.53 Å². The maximum absolute atomic E-state index is 12.5. The summed E-state index contributed by atoms with van der Waals surface area (Å²) in [6.07, 6.45) is 1.64. The highest BCUT2D eigenvalue weighted by atomic mass is 35.5. The van der Waals surface area contributed by atoms with Gasteiger partial charge in [-0.3, -0.25) is 4.79 Å². The van der Waals surface area contributed by atoms with E-state index in [9.17, 15) is 14.7 Å². The van der Waals surface area contributed by atoms with Crippen LogP contribution in [0.25, 0.3) is 0 Å². The Morgan fingerprint density at radius 1 is 1.35 bits per heavy atom. The van der Waals surface area contributed by atoms with Crippen LogP contribution in [0.1, 0.15) is 30.6 Å². The average Bonchev–Trinajstić information content (AvgIpc) is 2.52. The molecule has 1 atom stereocenters. The number of esters is 1. The summed E-state index contributed by atoms with van der Waals surface area (Å²) < 4.78 is 4.83. The summed E-state index contributed by atoms with van der Waals surface area (Å²) in [5.41, 5.74) is -0.449. The van der Waals surface area contributed by atoms with E-state index in [1.807, 2.05) is 0 Å². The molecule has 1 heterocycles. The molecule has 6 nitrogen and oxygen atoms in total. The Bertz CT molecular complexity index is 635. The molecule has 0 saturated heterocycles. The Hall–Kier alpha value is -1.34. The van der Waals surface area contributed by atoms with Crippen LogP contribution in [0.5, 0.6) is 0 Å². The monoisotopic (exact) mass is 380 g/mol. The fourth-order valence-corrected chi connectivity index (χ4v) is 2.04. The van der Waals surface area contributed by atoms with Crippen molar-refractivity contribution in [3.8, 4) is 0 Å². The van der Waals surface area contributed by atoms with Gasteiger partial charge in [0.15, 0.2) is 0 Å². The minimum absolute atomic E-state index is 0.0607. The minimum Gasteiger partial charge on any atom is -0.462 e. The number of ether oxygens (including phenoxy) is 1. The number of carbonyl (C=O) groups excluding carboxylic acids is 2. The molecule has 126 valence electrons. The van der Waals surface area contributed by atoms with E-state index in [-0.39, 0.29) is 32.9 Å². The molecule has 1 unspecified atom stereocenters. The number of hydrogen-bond acceptors (Lipinski definition) is 6. The SMILES string of the molecule is CCOC(=O)C(=CNC(O)CC)C(=O)c1cnc(Cl)c(Cl)c1Cl. The minimum atomic E-state index is -0.922. The normalized spacial score (nSPS) is 12.7. The van der Waals surface area contributed by atoms with E-state index in [0.29, 0.717) is 6.42 Å². The number of Topliss-reactive ketones (excluding diaryl/α,β-unsaturated/α-hetero) is 1. The number of carbonyl (C=O) groups is 2. The number of aliphatic hydroxyl groups excluding tert-OH is 1. The molecule has 0 fully saturated rings. The van der Waals surface area contributed by atoms with Gasteiger partial charge in [-0.05, 0) is 13.3 Å². The van der Waals surface area contributed by atoms with Crippen LogP contribution >= 0.6 is 34.8 Å². The van der Waals surface area contributed by atoms with E-state index < -0.39 is 18.0 Å². The lowest BCUT2D eigenvalue weighted by molar-refractivity contribution is -0.138. The van der Waals surface area contributed by atoms with E-state index in [4.69, 9.17) is 39.5 Å². The van der Waals surface area contributed by atoms with Crippen LogP contribution in [-0.4, -0.2) is 34.7 Å². The molecule has 0 bridgehead atoms. The molecule has 1 aromatic heterocycles. The number of hydrogen-bond donors (Lipinski definition) is 2. The summed E-state index contributed by atoms with van der Waals surface area (Å²) in [4.78, 5) is 28.2. The van der Waals surface area contributed by atoms with Gasteiger partial charge in [-0.15, -0.1) is 0 Å². The summed E-state index contributed by atoms with van der Waals surface area (Å²) in [6.45, 7) is 3.40. The molecule has 9 heteroatoms. The van der Waals surface area contributed by atoms with Crippen molar-refractivity contribution in [3.63, 3.8) is 0 Å². The number of pyridine rings is 1. The van der Waals surface area contributed by atoms with Crippen molar-refractivity contribution >= 4 is 46.6 Å². The third-order valence-corrected chi connectivity index (χ3v) is 3.95. The number of halogens is 3. The number of nitrogens with zero attached hydrogens (tertiary/aromatic N) is 1. The van der Waals surface area contributed by atoms with Gasteiger partial charge in [0.05, 0.1) is 22.2 Å². The quantitative estimate of drug-likeness (QED) is 0.144. The number of aromatic nitrogens is 1. The molecule has 0 aliphatic carbocycles. The molecular weight excluding hydrogens is 367 g/mol. The number of aliphatic hydroxyl groups is 1. The second-order valence-corrected chi connectivity index (χ2v) is 5.40. The predicted octanol–water partition coefficient (Wildman–Crippen LogP) is 2.99. The highest BCUT2D eigenvalue weighted by Crippen LogP contribution is 2.32. The third kappa shape index (κ3) is 5.07. The Morgan fingerprint density at radius 3 is 2.57 bits per heavy atom. The lowest BCUT2D eigenvalue weighted by atomic mass is 10.1. The molecule has 23 heavy (non-hydrogen) atoms. The average molecular weight is 382 g/mol. The first-order chi connectivity index (χ1) is 10.8. The third-order valence-electron chi connectivity index (χ3n) is 2.71. The maximum atomic E-state index is 12.5. The first-order valence-electron chi connectivity index (χ1n) is 6.69. The van der Waals surface area contributed by atoms with Crippen LogP contribution < -0.4 is 5.32 Å². The first-order valence-corrected chi connectivity index (χ1v) is 7.82. The molecule has 0 radical (unpaired) electrons. The largest absolute Gasteiger partial charge is 0.462 e. The predicted molar refractivity (Wildman–Crippen MR) is 87.7 cm³/mol.